The average Bonchev–Trinajstić information content (AvgIpc) is 3.34. The molecule has 0 spiro atoms. The van der Waals surface area contributed by atoms with Gasteiger partial charge in [-0.2, -0.15) is 9.49 Å². The van der Waals surface area contributed by atoms with E-state index in [-0.39, 0.29) is 12.2 Å². The molecule has 1 aliphatic carbocycles. The topological polar surface area (TPSA) is 60.2 Å². The first-order valence-corrected chi connectivity index (χ1v) is 12.9. The zero-order chi connectivity index (χ0) is 24.3. The summed E-state index contributed by atoms with van der Waals surface area (Å²) < 4.78 is 46.3. The quantitative estimate of drug-likeness (QED) is 0.471. The fourth-order valence-electron chi connectivity index (χ4n) is 4.95. The third-order valence-electron chi connectivity index (χ3n) is 6.90. The van der Waals surface area contributed by atoms with E-state index in [2.05, 4.69) is 15.0 Å². The van der Waals surface area contributed by atoms with Crippen molar-refractivity contribution < 1.29 is 22.7 Å². The molecule has 1 saturated carbocycles. The molecule has 1 fully saturated rings. The zero-order valence-corrected chi connectivity index (χ0v) is 20.7. The van der Waals surface area contributed by atoms with Crippen molar-refractivity contribution in [1.82, 2.24) is 19.7 Å². The maximum Gasteiger partial charge on any atom is 0.278 e. The van der Waals surface area contributed by atoms with E-state index < -0.39 is 18.5 Å². The Bertz CT molecular complexity index is 980. The molecule has 0 bridgehead atoms. The maximum absolute atomic E-state index is 13.9. The van der Waals surface area contributed by atoms with Gasteiger partial charge in [0.1, 0.15) is 5.78 Å². The van der Waals surface area contributed by atoms with Crippen LogP contribution in [-0.2, 0) is 31.2 Å². The molecular formula is C24H33F3N4O2S. The van der Waals surface area contributed by atoms with Crippen molar-refractivity contribution in [3.8, 4) is 5.19 Å². The summed E-state index contributed by atoms with van der Waals surface area (Å²) in [6.45, 7) is 2.89. The molecular weight excluding hydrogens is 465 g/mol. The minimum atomic E-state index is -2.86. The molecule has 34 heavy (non-hydrogen) atoms. The van der Waals surface area contributed by atoms with E-state index in [1.54, 1.807) is 0 Å². The highest BCUT2D eigenvalue weighted by Crippen LogP contribution is 2.34. The van der Waals surface area contributed by atoms with Gasteiger partial charge < -0.3 is 4.74 Å². The van der Waals surface area contributed by atoms with Gasteiger partial charge in [-0.1, -0.05) is 24.2 Å². The van der Waals surface area contributed by atoms with Crippen LogP contribution in [0.15, 0.2) is 6.20 Å². The second-order valence-corrected chi connectivity index (χ2v) is 11.0. The van der Waals surface area contributed by atoms with E-state index in [0.29, 0.717) is 29.0 Å². The summed E-state index contributed by atoms with van der Waals surface area (Å²) in [5.74, 6) is -2.14. The van der Waals surface area contributed by atoms with Crippen LogP contribution in [0.4, 0.5) is 13.2 Å². The normalized spacial score (nSPS) is 21.4. The summed E-state index contributed by atoms with van der Waals surface area (Å²) in [4.78, 5) is 20.3. The molecule has 0 radical (unpaired) electrons. The first-order chi connectivity index (χ1) is 16.2. The Kier molecular flexibility index (Phi) is 7.97. The summed E-state index contributed by atoms with van der Waals surface area (Å²) in [5.41, 5.74) is 1.34. The number of thiazole rings is 1. The molecule has 2 aliphatic rings. The smallest absolute Gasteiger partial charge is 0.278 e. The van der Waals surface area contributed by atoms with Crippen LogP contribution in [0, 0.1) is 17.8 Å². The fourth-order valence-corrected chi connectivity index (χ4v) is 5.86. The van der Waals surface area contributed by atoms with E-state index in [0.717, 1.165) is 80.3 Å². The highest BCUT2D eigenvalue weighted by molar-refractivity contribution is 7.13. The predicted molar refractivity (Wildman–Crippen MR) is 124 cm³/mol. The van der Waals surface area contributed by atoms with E-state index >= 15 is 0 Å². The molecule has 2 aromatic rings. The second kappa shape index (κ2) is 10.8. The minimum Gasteiger partial charge on any atom is -0.464 e. The lowest BCUT2D eigenvalue weighted by molar-refractivity contribution is -0.119. The largest absolute Gasteiger partial charge is 0.464 e. The molecule has 6 nitrogen and oxygen atoms in total. The van der Waals surface area contributed by atoms with Crippen LogP contribution in [0.5, 0.6) is 5.19 Å². The van der Waals surface area contributed by atoms with E-state index in [9.17, 15) is 18.0 Å². The van der Waals surface area contributed by atoms with Crippen molar-refractivity contribution in [3.05, 3.63) is 28.3 Å². The lowest BCUT2D eigenvalue weighted by Gasteiger charge is -2.31. The molecule has 0 atom stereocenters. The Morgan fingerprint density at radius 2 is 2.00 bits per heavy atom. The van der Waals surface area contributed by atoms with Gasteiger partial charge >= 0.3 is 0 Å². The first-order valence-electron chi connectivity index (χ1n) is 12.1. The summed E-state index contributed by atoms with van der Waals surface area (Å²) in [7, 11) is 1.53. The van der Waals surface area contributed by atoms with Gasteiger partial charge in [0.25, 0.3) is 11.1 Å². The highest BCUT2D eigenvalue weighted by Gasteiger charge is 2.27. The highest BCUT2D eigenvalue weighted by atomic mass is 32.1. The number of fused-ring (bicyclic) bond motifs is 1. The Hall–Kier alpha value is -1.94. The van der Waals surface area contributed by atoms with Crippen LogP contribution in [0.3, 0.4) is 0 Å². The lowest BCUT2D eigenvalue weighted by atomic mass is 9.78. The lowest BCUT2D eigenvalue weighted by Crippen LogP contribution is -2.32. The van der Waals surface area contributed by atoms with Crippen molar-refractivity contribution in [2.75, 3.05) is 19.7 Å². The molecule has 0 saturated heterocycles. The number of hydrogen-bond donors (Lipinski definition) is 0. The Labute approximate surface area is 202 Å². The summed E-state index contributed by atoms with van der Waals surface area (Å²) in [6.07, 6.45) is 8.43. The van der Waals surface area contributed by atoms with Gasteiger partial charge in [0, 0.05) is 50.3 Å². The number of nitrogens with zero attached hydrogens (tertiary/aromatic N) is 4. The van der Waals surface area contributed by atoms with Gasteiger partial charge in [-0.3, -0.25) is 9.69 Å². The Balaban J connectivity index is 1.15. The molecule has 0 aromatic carbocycles. The van der Waals surface area contributed by atoms with E-state index in [1.807, 2.05) is 0 Å². The minimum absolute atomic E-state index is 0.0914. The first kappa shape index (κ1) is 25.2. The zero-order valence-electron chi connectivity index (χ0n) is 19.9. The van der Waals surface area contributed by atoms with Crippen LogP contribution in [0.25, 0.3) is 0 Å². The van der Waals surface area contributed by atoms with E-state index in [4.69, 9.17) is 4.74 Å². The van der Waals surface area contributed by atoms with Crippen molar-refractivity contribution >= 4 is 17.1 Å². The summed E-state index contributed by atoms with van der Waals surface area (Å²) in [5, 5.41) is 4.20. The van der Waals surface area contributed by atoms with Gasteiger partial charge in [0.15, 0.2) is 6.61 Å². The number of hydrogen-bond acceptors (Lipinski definition) is 6. The predicted octanol–water partition coefficient (Wildman–Crippen LogP) is 4.81. The molecule has 3 heterocycles. The summed E-state index contributed by atoms with van der Waals surface area (Å²) >= 11 is 1.39. The monoisotopic (exact) mass is 498 g/mol. The number of ketones is 1. The van der Waals surface area contributed by atoms with Crippen molar-refractivity contribution in [2.45, 2.75) is 70.8 Å². The van der Waals surface area contributed by atoms with Gasteiger partial charge in [-0.25, -0.2) is 18.4 Å². The van der Waals surface area contributed by atoms with Crippen LogP contribution in [-0.4, -0.2) is 51.1 Å². The molecule has 1 aliphatic heterocycles. The molecule has 0 unspecified atom stereocenters. The second-order valence-electron chi connectivity index (χ2n) is 9.91. The number of aromatic nitrogens is 3. The average molecular weight is 499 g/mol. The van der Waals surface area contributed by atoms with Gasteiger partial charge in [-0.05, 0) is 44.1 Å². The number of aryl methyl sites for hydroxylation is 1. The summed E-state index contributed by atoms with van der Waals surface area (Å²) in [6, 6.07) is 0. The number of rotatable bonds is 10. The number of Topliss-reactive ketones (excluding diaryl/α,β-unsaturated/α-hetero) is 1. The molecule has 188 valence electrons. The fraction of sp³-hybridized carbons (Fsp3) is 0.708. The van der Waals surface area contributed by atoms with E-state index in [1.165, 1.54) is 24.6 Å². The molecule has 4 rings (SSSR count). The molecule has 10 heteroatoms. The number of halogens is 3. The van der Waals surface area contributed by atoms with Crippen LogP contribution < -0.4 is 4.74 Å². The van der Waals surface area contributed by atoms with Gasteiger partial charge in [0.2, 0.25) is 5.95 Å². The van der Waals surface area contributed by atoms with Gasteiger partial charge in [0.05, 0.1) is 11.9 Å². The van der Waals surface area contributed by atoms with Crippen molar-refractivity contribution in [3.63, 3.8) is 0 Å². The molecule has 0 N–H and O–H groups in total. The maximum atomic E-state index is 13.9. The third kappa shape index (κ3) is 6.81. The third-order valence-corrected chi connectivity index (χ3v) is 7.97. The SMILES string of the molecule is Cn1ncc(CC(=O)CC2CCC(CCN3CCc4sc(OCC(C)(F)F)nc4C3)CC2)c1F. The molecule has 0 amide bonds. The number of carbonyl (C=O) groups is 1. The van der Waals surface area contributed by atoms with Crippen LogP contribution in [0.1, 0.15) is 61.6 Å². The number of ether oxygens (including phenoxy) is 1. The number of alkyl halides is 2. The van der Waals surface area contributed by atoms with Crippen LogP contribution >= 0.6 is 11.3 Å². The Morgan fingerprint density at radius 3 is 2.68 bits per heavy atom. The van der Waals surface area contributed by atoms with Crippen molar-refractivity contribution in [1.29, 1.82) is 0 Å². The standard InChI is InChI=1S/C24H33F3N4O2S/c1-24(26,27)15-33-23-29-20-14-31(10-8-21(20)34-23)9-7-16-3-5-17(6-4-16)11-19(32)12-18-13-28-30(2)22(18)25/h13,16-17H,3-12,14-15H2,1-2H3. The van der Waals surface area contributed by atoms with Gasteiger partial charge in [-0.15, -0.1) is 0 Å². The van der Waals surface area contributed by atoms with Crippen molar-refractivity contribution in [2.24, 2.45) is 18.9 Å². The van der Waals surface area contributed by atoms with Crippen LogP contribution in [0.2, 0.25) is 0 Å². The molecule has 2 aromatic heterocycles. The Morgan fingerprint density at radius 1 is 1.26 bits per heavy atom. The number of carbonyl (C=O) groups excluding carboxylic acids is 1.